The molecular formula is C16H19ClN4O. The van der Waals surface area contributed by atoms with Gasteiger partial charge in [-0.3, -0.25) is 4.90 Å². The van der Waals surface area contributed by atoms with Crippen LogP contribution < -0.4 is 4.74 Å². The topological polar surface area (TPSA) is 43.2 Å². The highest BCUT2D eigenvalue weighted by molar-refractivity contribution is 6.30. The standard InChI is InChI=1S/C16H19ClN4O/c1-22-14-5-4-13(17)8-12(14)9-20-6-7-21-15(10-20)18-19-16(21)11-2-3-11/h4-5,8,11H,2-3,6-7,9-10H2,1H3. The maximum absolute atomic E-state index is 6.12. The molecule has 1 aliphatic carbocycles. The van der Waals surface area contributed by atoms with E-state index in [1.54, 1.807) is 7.11 Å². The van der Waals surface area contributed by atoms with Crippen LogP contribution in [-0.2, 0) is 19.6 Å². The molecule has 1 aromatic heterocycles. The molecule has 22 heavy (non-hydrogen) atoms. The molecule has 0 bridgehead atoms. The number of benzene rings is 1. The Morgan fingerprint density at radius 1 is 1.27 bits per heavy atom. The van der Waals surface area contributed by atoms with Gasteiger partial charge in [-0.25, -0.2) is 0 Å². The first-order valence-electron chi connectivity index (χ1n) is 7.71. The zero-order valence-corrected chi connectivity index (χ0v) is 13.4. The molecule has 0 unspecified atom stereocenters. The third-order valence-corrected chi connectivity index (χ3v) is 4.67. The van der Waals surface area contributed by atoms with Gasteiger partial charge in [0.15, 0.2) is 0 Å². The number of halogens is 1. The predicted molar refractivity (Wildman–Crippen MR) is 84.1 cm³/mol. The van der Waals surface area contributed by atoms with Crippen molar-refractivity contribution >= 4 is 11.6 Å². The molecule has 0 N–H and O–H groups in total. The van der Waals surface area contributed by atoms with E-state index in [1.165, 1.54) is 18.7 Å². The fraction of sp³-hybridized carbons (Fsp3) is 0.500. The minimum absolute atomic E-state index is 0.654. The molecule has 1 fully saturated rings. The molecule has 116 valence electrons. The van der Waals surface area contributed by atoms with Crippen molar-refractivity contribution in [1.29, 1.82) is 0 Å². The summed E-state index contributed by atoms with van der Waals surface area (Å²) in [6, 6.07) is 5.77. The van der Waals surface area contributed by atoms with Crippen LogP contribution in [-0.4, -0.2) is 33.3 Å². The average Bonchev–Trinajstić information content (AvgIpc) is 3.27. The highest BCUT2D eigenvalue weighted by Gasteiger charge is 2.32. The maximum Gasteiger partial charge on any atom is 0.147 e. The minimum atomic E-state index is 0.654. The summed E-state index contributed by atoms with van der Waals surface area (Å²) in [5.74, 6) is 3.81. The number of rotatable bonds is 4. The summed E-state index contributed by atoms with van der Waals surface area (Å²) >= 11 is 6.12. The van der Waals surface area contributed by atoms with E-state index in [2.05, 4.69) is 19.7 Å². The fourth-order valence-electron chi connectivity index (χ4n) is 3.12. The van der Waals surface area contributed by atoms with Crippen LogP contribution in [0, 0.1) is 0 Å². The summed E-state index contributed by atoms with van der Waals surface area (Å²) in [5.41, 5.74) is 1.12. The van der Waals surface area contributed by atoms with Crippen molar-refractivity contribution in [2.24, 2.45) is 0 Å². The molecule has 6 heteroatoms. The van der Waals surface area contributed by atoms with Gasteiger partial charge in [0.1, 0.15) is 17.4 Å². The van der Waals surface area contributed by atoms with E-state index in [0.717, 1.165) is 48.3 Å². The number of nitrogens with zero attached hydrogens (tertiary/aromatic N) is 4. The Labute approximate surface area is 134 Å². The number of fused-ring (bicyclic) bond motifs is 1. The second kappa shape index (κ2) is 5.56. The van der Waals surface area contributed by atoms with Gasteiger partial charge < -0.3 is 9.30 Å². The predicted octanol–water partition coefficient (Wildman–Crippen LogP) is 2.83. The van der Waals surface area contributed by atoms with Gasteiger partial charge in [-0.15, -0.1) is 10.2 Å². The number of ether oxygens (including phenoxy) is 1. The van der Waals surface area contributed by atoms with E-state index in [-0.39, 0.29) is 0 Å². The first kappa shape index (κ1) is 14.0. The van der Waals surface area contributed by atoms with Crippen LogP contribution >= 0.6 is 11.6 Å². The quantitative estimate of drug-likeness (QED) is 0.869. The molecule has 1 aliphatic heterocycles. The van der Waals surface area contributed by atoms with E-state index in [4.69, 9.17) is 16.3 Å². The van der Waals surface area contributed by atoms with Crippen LogP contribution in [0.5, 0.6) is 5.75 Å². The zero-order chi connectivity index (χ0) is 15.1. The zero-order valence-electron chi connectivity index (χ0n) is 12.6. The fourth-order valence-corrected chi connectivity index (χ4v) is 3.32. The number of methoxy groups -OCH3 is 1. The lowest BCUT2D eigenvalue weighted by Gasteiger charge is -2.28. The average molecular weight is 319 g/mol. The summed E-state index contributed by atoms with van der Waals surface area (Å²) < 4.78 is 7.75. The Morgan fingerprint density at radius 2 is 2.14 bits per heavy atom. The van der Waals surface area contributed by atoms with Crippen LogP contribution in [0.3, 0.4) is 0 Å². The number of aromatic nitrogens is 3. The molecule has 2 aromatic rings. The van der Waals surface area contributed by atoms with E-state index in [9.17, 15) is 0 Å². The van der Waals surface area contributed by atoms with E-state index < -0.39 is 0 Å². The molecule has 2 aliphatic rings. The minimum Gasteiger partial charge on any atom is -0.496 e. The molecular weight excluding hydrogens is 300 g/mol. The number of hydrogen-bond acceptors (Lipinski definition) is 4. The first-order chi connectivity index (χ1) is 10.7. The van der Waals surface area contributed by atoms with Gasteiger partial charge in [-0.2, -0.15) is 0 Å². The molecule has 4 rings (SSSR count). The Hall–Kier alpha value is -1.59. The van der Waals surface area contributed by atoms with E-state index >= 15 is 0 Å². The molecule has 0 spiro atoms. The molecule has 0 saturated heterocycles. The van der Waals surface area contributed by atoms with Gasteiger partial charge in [-0.05, 0) is 31.0 Å². The third-order valence-electron chi connectivity index (χ3n) is 4.44. The first-order valence-corrected chi connectivity index (χ1v) is 8.09. The van der Waals surface area contributed by atoms with Gasteiger partial charge in [-0.1, -0.05) is 11.6 Å². The van der Waals surface area contributed by atoms with Crippen LogP contribution in [0.15, 0.2) is 18.2 Å². The molecule has 5 nitrogen and oxygen atoms in total. The lowest BCUT2D eigenvalue weighted by Crippen LogP contribution is -2.34. The molecule has 1 aromatic carbocycles. The van der Waals surface area contributed by atoms with E-state index in [0.29, 0.717) is 5.92 Å². The molecule has 1 saturated carbocycles. The van der Waals surface area contributed by atoms with Gasteiger partial charge >= 0.3 is 0 Å². The lowest BCUT2D eigenvalue weighted by molar-refractivity contribution is 0.204. The van der Waals surface area contributed by atoms with Crippen molar-refractivity contribution in [3.8, 4) is 5.75 Å². The van der Waals surface area contributed by atoms with Crippen LogP contribution in [0.25, 0.3) is 0 Å². The molecule has 0 radical (unpaired) electrons. The summed E-state index contributed by atoms with van der Waals surface area (Å²) in [6.45, 7) is 3.61. The van der Waals surface area contributed by atoms with Crippen LogP contribution in [0.4, 0.5) is 0 Å². The SMILES string of the molecule is COc1ccc(Cl)cc1CN1CCn2c(nnc2C2CC2)C1. The van der Waals surface area contributed by atoms with Gasteiger partial charge in [0.05, 0.1) is 13.7 Å². The molecule has 2 heterocycles. The second-order valence-electron chi connectivity index (χ2n) is 6.07. The van der Waals surface area contributed by atoms with Crippen molar-refractivity contribution in [2.45, 2.75) is 38.4 Å². The van der Waals surface area contributed by atoms with Gasteiger partial charge in [0.2, 0.25) is 0 Å². The summed E-state index contributed by atoms with van der Waals surface area (Å²) in [7, 11) is 1.70. The lowest BCUT2D eigenvalue weighted by atomic mass is 10.1. The Kier molecular flexibility index (Phi) is 3.54. The van der Waals surface area contributed by atoms with E-state index in [1.807, 2.05) is 18.2 Å². The highest BCUT2D eigenvalue weighted by atomic mass is 35.5. The Morgan fingerprint density at radius 3 is 2.91 bits per heavy atom. The van der Waals surface area contributed by atoms with Crippen LogP contribution in [0.1, 0.15) is 36.0 Å². The van der Waals surface area contributed by atoms with Crippen molar-refractivity contribution in [1.82, 2.24) is 19.7 Å². The number of hydrogen-bond donors (Lipinski definition) is 0. The van der Waals surface area contributed by atoms with Crippen molar-refractivity contribution in [2.75, 3.05) is 13.7 Å². The smallest absolute Gasteiger partial charge is 0.147 e. The normalized spacial score (nSPS) is 18.3. The molecule has 0 atom stereocenters. The Balaban J connectivity index is 1.52. The van der Waals surface area contributed by atoms with Crippen molar-refractivity contribution in [3.05, 3.63) is 40.4 Å². The maximum atomic E-state index is 6.12. The summed E-state index contributed by atoms with van der Waals surface area (Å²) in [6.07, 6.45) is 2.53. The van der Waals surface area contributed by atoms with Crippen molar-refractivity contribution < 1.29 is 4.74 Å². The van der Waals surface area contributed by atoms with Crippen molar-refractivity contribution in [3.63, 3.8) is 0 Å². The monoisotopic (exact) mass is 318 g/mol. The van der Waals surface area contributed by atoms with Gasteiger partial charge in [0, 0.05) is 36.1 Å². The third kappa shape index (κ3) is 2.59. The summed E-state index contributed by atoms with van der Waals surface area (Å²) in [5, 5.41) is 9.52. The molecule has 0 amide bonds. The highest BCUT2D eigenvalue weighted by Crippen LogP contribution is 2.39. The van der Waals surface area contributed by atoms with Crippen LogP contribution in [0.2, 0.25) is 5.02 Å². The second-order valence-corrected chi connectivity index (χ2v) is 6.50. The van der Waals surface area contributed by atoms with Gasteiger partial charge in [0.25, 0.3) is 0 Å². The largest absolute Gasteiger partial charge is 0.496 e. The summed E-state index contributed by atoms with van der Waals surface area (Å²) in [4.78, 5) is 2.37. The Bertz CT molecular complexity index is 695.